The van der Waals surface area contributed by atoms with E-state index in [0.29, 0.717) is 17.1 Å². The molecule has 4 aromatic rings. The van der Waals surface area contributed by atoms with E-state index in [4.69, 9.17) is 0 Å². The molecule has 0 aliphatic carbocycles. The lowest BCUT2D eigenvalue weighted by Gasteiger charge is -2.15. The molecule has 2 aromatic carbocycles. The van der Waals surface area contributed by atoms with Crippen LogP contribution in [0.5, 0.6) is 0 Å². The minimum atomic E-state index is -3.30. The van der Waals surface area contributed by atoms with E-state index in [1.165, 1.54) is 23.9 Å². The van der Waals surface area contributed by atoms with Crippen LogP contribution in [0, 0.1) is 0 Å². The number of amides is 2. The Hall–Kier alpha value is -3.28. The zero-order valence-electron chi connectivity index (χ0n) is 17.1. The number of rotatable bonds is 7. The summed E-state index contributed by atoms with van der Waals surface area (Å²) in [6.45, 7) is -0.220. The first-order valence-corrected chi connectivity index (χ1v) is 12.4. The smallest absolute Gasteiger partial charge is 0.321 e. The Balaban J connectivity index is 1.49. The minimum absolute atomic E-state index is 0.220. The summed E-state index contributed by atoms with van der Waals surface area (Å²) in [6.07, 6.45) is 4.77. The molecule has 2 amide bonds. The fourth-order valence-electron chi connectivity index (χ4n) is 3.21. The molecule has 0 spiro atoms. The summed E-state index contributed by atoms with van der Waals surface area (Å²) >= 11 is 1.30. The molecule has 0 saturated carbocycles. The number of nitrogens with zero attached hydrogens (tertiary/aromatic N) is 2. The van der Waals surface area contributed by atoms with Gasteiger partial charge in [-0.05, 0) is 35.4 Å². The third-order valence-corrected chi connectivity index (χ3v) is 6.83. The van der Waals surface area contributed by atoms with Crippen LogP contribution in [0.4, 0.5) is 9.93 Å². The summed E-state index contributed by atoms with van der Waals surface area (Å²) in [4.78, 5) is 23.9. The number of hydrogen-bond donors (Lipinski definition) is 4. The molecule has 11 heteroatoms. The van der Waals surface area contributed by atoms with E-state index in [0.717, 1.165) is 21.5 Å². The van der Waals surface area contributed by atoms with Gasteiger partial charge in [0, 0.05) is 24.6 Å². The predicted molar refractivity (Wildman–Crippen MR) is 123 cm³/mol. The van der Waals surface area contributed by atoms with Crippen LogP contribution in [0.25, 0.3) is 21.3 Å². The topological polar surface area (TPSA) is 137 Å². The number of sulfone groups is 1. The van der Waals surface area contributed by atoms with Gasteiger partial charge in [0.05, 0.1) is 34.1 Å². The number of thiazole rings is 1. The monoisotopic (exact) mass is 471 g/mol. The van der Waals surface area contributed by atoms with Gasteiger partial charge in [-0.15, -0.1) is 0 Å². The Bertz CT molecular complexity index is 1350. The van der Waals surface area contributed by atoms with Crippen molar-refractivity contribution in [2.45, 2.75) is 17.4 Å². The van der Waals surface area contributed by atoms with Crippen molar-refractivity contribution in [3.63, 3.8) is 0 Å². The first kappa shape index (κ1) is 21.9. The van der Waals surface area contributed by atoms with Crippen LogP contribution >= 0.6 is 11.3 Å². The molecule has 4 N–H and O–H groups in total. The Morgan fingerprint density at radius 2 is 2.03 bits per heavy atom. The molecule has 2 heterocycles. The van der Waals surface area contributed by atoms with Gasteiger partial charge in [-0.25, -0.2) is 23.2 Å². The number of hydrogen-bond acceptors (Lipinski definition) is 7. The van der Waals surface area contributed by atoms with Crippen LogP contribution in [0.1, 0.15) is 5.69 Å². The van der Waals surface area contributed by atoms with Gasteiger partial charge in [0.25, 0.3) is 0 Å². The highest BCUT2D eigenvalue weighted by Gasteiger charge is 2.15. The summed E-state index contributed by atoms with van der Waals surface area (Å²) in [6, 6.07) is 11.4. The summed E-state index contributed by atoms with van der Waals surface area (Å²) in [5.74, 6) is 0. The number of aromatic amines is 1. The van der Waals surface area contributed by atoms with Gasteiger partial charge in [0.15, 0.2) is 15.0 Å². The van der Waals surface area contributed by atoms with Gasteiger partial charge in [0.2, 0.25) is 0 Å². The van der Waals surface area contributed by atoms with Crippen molar-refractivity contribution < 1.29 is 18.3 Å². The second-order valence-electron chi connectivity index (χ2n) is 7.26. The Morgan fingerprint density at radius 3 is 2.75 bits per heavy atom. The molecule has 0 bridgehead atoms. The highest BCUT2D eigenvalue weighted by atomic mass is 32.2. The number of aliphatic hydroxyl groups is 1. The third-order valence-electron chi connectivity index (χ3n) is 4.78. The Kier molecular flexibility index (Phi) is 6.21. The van der Waals surface area contributed by atoms with E-state index in [-0.39, 0.29) is 11.5 Å². The largest absolute Gasteiger partial charge is 0.394 e. The quantitative estimate of drug-likeness (QED) is 0.327. The minimum Gasteiger partial charge on any atom is -0.394 e. The maximum atomic E-state index is 12.4. The van der Waals surface area contributed by atoms with Gasteiger partial charge in [0.1, 0.15) is 0 Å². The zero-order valence-corrected chi connectivity index (χ0v) is 18.7. The van der Waals surface area contributed by atoms with Crippen LogP contribution in [0.2, 0.25) is 0 Å². The number of urea groups is 1. The van der Waals surface area contributed by atoms with Crippen LogP contribution in [0.3, 0.4) is 0 Å². The number of anilines is 1. The lowest BCUT2D eigenvalue weighted by atomic mass is 10.1. The Labute approximate surface area is 188 Å². The predicted octanol–water partition coefficient (Wildman–Crippen LogP) is 2.82. The van der Waals surface area contributed by atoms with E-state index in [1.807, 2.05) is 24.3 Å². The first-order valence-electron chi connectivity index (χ1n) is 9.68. The number of nitrogens with one attached hydrogen (secondary N) is 3. The SMILES string of the molecule is CS(=O)(=O)c1cccc(-c2ccc3nc(NC(=O)NC(CO)Cc4cnc[nH]4)sc3c2)c1. The lowest BCUT2D eigenvalue weighted by molar-refractivity contribution is 0.224. The van der Waals surface area contributed by atoms with Crippen molar-refractivity contribution in [3.8, 4) is 11.1 Å². The van der Waals surface area contributed by atoms with Crippen molar-refractivity contribution in [1.29, 1.82) is 0 Å². The zero-order chi connectivity index (χ0) is 22.7. The van der Waals surface area contributed by atoms with Gasteiger partial charge in [-0.1, -0.05) is 29.5 Å². The van der Waals surface area contributed by atoms with Gasteiger partial charge < -0.3 is 15.4 Å². The maximum Gasteiger partial charge on any atom is 0.321 e. The normalized spacial score (nSPS) is 12.6. The number of carbonyl (C=O) groups excluding carboxylic acids is 1. The molecule has 1 unspecified atom stereocenters. The van der Waals surface area contributed by atoms with Gasteiger partial charge in [-0.3, -0.25) is 5.32 Å². The standard InChI is InChI=1S/C21H21N5O4S2/c1-32(29,30)17-4-2-3-13(7-17)14-5-6-18-19(8-14)31-21(25-18)26-20(28)24-16(11-27)9-15-10-22-12-23-15/h2-8,10,12,16,27H,9,11H2,1H3,(H,22,23)(H2,24,25,26,28). The van der Waals surface area contributed by atoms with Crippen LogP contribution < -0.4 is 10.6 Å². The molecule has 0 fully saturated rings. The molecule has 2 aromatic heterocycles. The van der Waals surface area contributed by atoms with Crippen molar-refractivity contribution in [2.75, 3.05) is 18.2 Å². The van der Waals surface area contributed by atoms with E-state index in [1.54, 1.807) is 24.4 Å². The third kappa shape index (κ3) is 5.13. The second-order valence-corrected chi connectivity index (χ2v) is 10.3. The number of benzene rings is 2. The summed E-state index contributed by atoms with van der Waals surface area (Å²) < 4.78 is 24.5. The van der Waals surface area contributed by atoms with Crippen LogP contribution in [-0.4, -0.2) is 53.4 Å². The van der Waals surface area contributed by atoms with Crippen LogP contribution in [0.15, 0.2) is 59.9 Å². The molecule has 0 saturated heterocycles. The van der Waals surface area contributed by atoms with E-state index >= 15 is 0 Å². The number of aromatic nitrogens is 3. The maximum absolute atomic E-state index is 12.4. The van der Waals surface area contributed by atoms with Gasteiger partial charge >= 0.3 is 6.03 Å². The van der Waals surface area contributed by atoms with Crippen molar-refractivity contribution in [2.24, 2.45) is 0 Å². The van der Waals surface area contributed by atoms with E-state index in [2.05, 4.69) is 25.6 Å². The number of aliphatic hydroxyl groups excluding tert-OH is 1. The molecule has 166 valence electrons. The molecular weight excluding hydrogens is 450 g/mol. The Morgan fingerprint density at radius 1 is 1.22 bits per heavy atom. The van der Waals surface area contributed by atoms with Crippen molar-refractivity contribution >= 4 is 42.6 Å². The molecule has 32 heavy (non-hydrogen) atoms. The lowest BCUT2D eigenvalue weighted by Crippen LogP contribution is -2.41. The molecule has 0 radical (unpaired) electrons. The van der Waals surface area contributed by atoms with Crippen molar-refractivity contribution in [3.05, 3.63) is 60.7 Å². The fraction of sp³-hybridized carbons (Fsp3) is 0.190. The highest BCUT2D eigenvalue weighted by Crippen LogP contribution is 2.31. The molecule has 0 aliphatic heterocycles. The molecule has 9 nitrogen and oxygen atoms in total. The van der Waals surface area contributed by atoms with E-state index < -0.39 is 21.9 Å². The average molecular weight is 472 g/mol. The van der Waals surface area contributed by atoms with Gasteiger partial charge in [-0.2, -0.15) is 0 Å². The van der Waals surface area contributed by atoms with E-state index in [9.17, 15) is 18.3 Å². The van der Waals surface area contributed by atoms with Crippen LogP contribution in [-0.2, 0) is 16.3 Å². The summed E-state index contributed by atoms with van der Waals surface area (Å²) in [5.41, 5.74) is 3.14. The number of imidazole rings is 1. The molecular formula is C21H21N5O4S2. The first-order chi connectivity index (χ1) is 15.3. The second kappa shape index (κ2) is 9.07. The number of H-pyrrole nitrogens is 1. The fourth-order valence-corrected chi connectivity index (χ4v) is 4.77. The molecule has 1 atom stereocenters. The average Bonchev–Trinajstić information content (AvgIpc) is 3.41. The summed E-state index contributed by atoms with van der Waals surface area (Å²) in [5, 5.41) is 15.4. The number of carbonyl (C=O) groups is 1. The highest BCUT2D eigenvalue weighted by molar-refractivity contribution is 7.90. The van der Waals surface area contributed by atoms with Crippen molar-refractivity contribution in [1.82, 2.24) is 20.3 Å². The summed E-state index contributed by atoms with van der Waals surface area (Å²) in [7, 11) is -3.30. The number of fused-ring (bicyclic) bond motifs is 1. The molecule has 0 aliphatic rings. The molecule has 4 rings (SSSR count).